The molecule has 1 aromatic heterocycles. The van der Waals surface area contributed by atoms with Gasteiger partial charge in [-0.25, -0.2) is 23.4 Å². The molecule has 0 radical (unpaired) electrons. The molecular weight excluding hydrogens is 288 g/mol. The summed E-state index contributed by atoms with van der Waals surface area (Å²) in [5.74, 6) is -1.39. The predicted molar refractivity (Wildman–Crippen MR) is 65.5 cm³/mol. The molecule has 1 heterocycles. The number of nitrogens with two attached hydrogens (primary N) is 1. The molecule has 0 atom stereocenters. The van der Waals surface area contributed by atoms with Gasteiger partial charge in [0.25, 0.3) is 5.88 Å². The number of aromatic nitrogens is 3. The van der Waals surface area contributed by atoms with Gasteiger partial charge < -0.3 is 9.84 Å². The maximum absolute atomic E-state index is 11.1. The molecule has 10 heteroatoms. The molecule has 0 spiro atoms. The summed E-state index contributed by atoms with van der Waals surface area (Å²) in [6.45, 7) is 0.0116. The van der Waals surface area contributed by atoms with Crippen molar-refractivity contribution < 1.29 is 23.1 Å². The van der Waals surface area contributed by atoms with Crippen molar-refractivity contribution in [1.82, 2.24) is 15.4 Å². The highest BCUT2D eigenvalue weighted by Gasteiger charge is 2.15. The molecule has 2 aromatic rings. The van der Waals surface area contributed by atoms with Gasteiger partial charge >= 0.3 is 5.97 Å². The van der Waals surface area contributed by atoms with Gasteiger partial charge in [-0.2, -0.15) is 0 Å². The number of benzene rings is 1. The van der Waals surface area contributed by atoms with Crippen LogP contribution >= 0.6 is 0 Å². The number of nitrogens with one attached hydrogen (secondary N) is 1. The second-order valence-electron chi connectivity index (χ2n) is 3.77. The molecule has 0 aliphatic carbocycles. The lowest BCUT2D eigenvalue weighted by atomic mass is 10.2. The van der Waals surface area contributed by atoms with Gasteiger partial charge in [-0.1, -0.05) is 22.4 Å². The van der Waals surface area contributed by atoms with Crippen molar-refractivity contribution in [2.45, 2.75) is 11.5 Å². The van der Waals surface area contributed by atoms with Crippen LogP contribution in [0.5, 0.6) is 5.88 Å². The molecule has 2 rings (SSSR count). The van der Waals surface area contributed by atoms with Crippen LogP contribution < -0.4 is 9.88 Å². The Morgan fingerprint density at radius 3 is 2.55 bits per heavy atom. The number of ether oxygens (including phenoxy) is 1. The third kappa shape index (κ3) is 3.10. The maximum Gasteiger partial charge on any atom is 0.359 e. The third-order valence-corrected chi connectivity index (χ3v) is 3.29. The Kier molecular flexibility index (Phi) is 3.68. The van der Waals surface area contributed by atoms with Gasteiger partial charge in [0.2, 0.25) is 15.7 Å². The van der Waals surface area contributed by atoms with Crippen LogP contribution in [0.1, 0.15) is 16.1 Å². The van der Waals surface area contributed by atoms with Crippen LogP contribution in [0.2, 0.25) is 0 Å². The second-order valence-corrected chi connectivity index (χ2v) is 5.34. The number of carboxylic acids is 1. The van der Waals surface area contributed by atoms with Crippen LogP contribution in [0.4, 0.5) is 0 Å². The maximum atomic E-state index is 11.1. The van der Waals surface area contributed by atoms with Gasteiger partial charge in [0.05, 0.1) is 4.90 Å². The van der Waals surface area contributed by atoms with E-state index < -0.39 is 16.0 Å². The first-order valence-electron chi connectivity index (χ1n) is 5.27. The minimum atomic E-state index is -3.74. The first-order valence-corrected chi connectivity index (χ1v) is 6.81. The fourth-order valence-corrected chi connectivity index (χ4v) is 1.90. The summed E-state index contributed by atoms with van der Waals surface area (Å²) in [5, 5.41) is 22.8. The lowest BCUT2D eigenvalue weighted by Gasteiger charge is -2.04. The number of carbonyl (C=O) groups is 1. The Morgan fingerprint density at radius 1 is 1.35 bits per heavy atom. The fraction of sp³-hybridized carbons (Fsp3) is 0.100. The van der Waals surface area contributed by atoms with Crippen molar-refractivity contribution in [3.05, 3.63) is 35.5 Å². The number of carboxylic acid groups (broad SMARTS) is 1. The smallest absolute Gasteiger partial charge is 0.359 e. The van der Waals surface area contributed by atoms with Crippen molar-refractivity contribution in [2.75, 3.05) is 0 Å². The fourth-order valence-electron chi connectivity index (χ4n) is 1.39. The van der Waals surface area contributed by atoms with Crippen molar-refractivity contribution in [2.24, 2.45) is 5.14 Å². The van der Waals surface area contributed by atoms with E-state index in [-0.39, 0.29) is 23.1 Å². The quantitative estimate of drug-likeness (QED) is 0.687. The van der Waals surface area contributed by atoms with Gasteiger partial charge in [-0.3, -0.25) is 0 Å². The molecule has 1 aromatic carbocycles. The van der Waals surface area contributed by atoms with Crippen LogP contribution in [-0.2, 0) is 16.6 Å². The van der Waals surface area contributed by atoms with Gasteiger partial charge in [-0.05, 0) is 17.7 Å². The average Bonchev–Trinajstić information content (AvgIpc) is 2.84. The molecule has 0 unspecified atom stereocenters. The molecule has 20 heavy (non-hydrogen) atoms. The van der Waals surface area contributed by atoms with E-state index in [1.807, 2.05) is 0 Å². The van der Waals surface area contributed by atoms with E-state index in [1.165, 1.54) is 24.3 Å². The largest absolute Gasteiger partial charge is 0.476 e. The number of aromatic carboxylic acids is 1. The highest BCUT2D eigenvalue weighted by Crippen LogP contribution is 2.14. The zero-order chi connectivity index (χ0) is 14.8. The van der Waals surface area contributed by atoms with Gasteiger partial charge in [0.1, 0.15) is 6.61 Å². The topological polar surface area (TPSA) is 148 Å². The first-order chi connectivity index (χ1) is 9.38. The third-order valence-electron chi connectivity index (χ3n) is 2.36. The number of hydrogen-bond acceptors (Lipinski definition) is 6. The molecule has 0 amide bonds. The van der Waals surface area contributed by atoms with Crippen LogP contribution in [0.25, 0.3) is 0 Å². The van der Waals surface area contributed by atoms with Crippen molar-refractivity contribution in [1.29, 1.82) is 0 Å². The minimum absolute atomic E-state index is 0.0116. The molecule has 0 aliphatic rings. The SMILES string of the molecule is NS(=O)(=O)c1ccc(COc2nn[nH]c2C(=O)O)cc1. The molecule has 4 N–H and O–H groups in total. The van der Waals surface area contributed by atoms with E-state index in [9.17, 15) is 13.2 Å². The van der Waals surface area contributed by atoms with E-state index in [1.54, 1.807) is 0 Å². The van der Waals surface area contributed by atoms with Crippen LogP contribution in [0.3, 0.4) is 0 Å². The Hall–Kier alpha value is -2.46. The van der Waals surface area contributed by atoms with Gasteiger partial charge in [0, 0.05) is 0 Å². The summed E-state index contributed by atoms with van der Waals surface area (Å²) in [6.07, 6.45) is 0. The number of rotatable bonds is 5. The summed E-state index contributed by atoms with van der Waals surface area (Å²) >= 11 is 0. The highest BCUT2D eigenvalue weighted by molar-refractivity contribution is 7.89. The summed E-state index contributed by atoms with van der Waals surface area (Å²) in [7, 11) is -3.74. The Labute approximate surface area is 113 Å². The summed E-state index contributed by atoms with van der Waals surface area (Å²) in [6, 6.07) is 5.66. The highest BCUT2D eigenvalue weighted by atomic mass is 32.2. The monoisotopic (exact) mass is 298 g/mol. The predicted octanol–water partition coefficient (Wildman–Crippen LogP) is -0.271. The van der Waals surface area contributed by atoms with Crippen LogP contribution in [0, 0.1) is 0 Å². The zero-order valence-corrected chi connectivity index (χ0v) is 10.8. The minimum Gasteiger partial charge on any atom is -0.476 e. The van der Waals surface area contributed by atoms with E-state index in [2.05, 4.69) is 15.4 Å². The van der Waals surface area contributed by atoms with Crippen LogP contribution in [-0.4, -0.2) is 34.9 Å². The molecule has 0 saturated heterocycles. The van der Waals surface area contributed by atoms with E-state index in [0.29, 0.717) is 5.56 Å². The standard InChI is InChI=1S/C10H10N4O5S/c11-20(17,18)7-3-1-6(2-4-7)5-19-9-8(10(15)16)12-14-13-9/h1-4H,5H2,(H,15,16)(H2,11,17,18)(H,12,13,14). The van der Waals surface area contributed by atoms with E-state index in [0.717, 1.165) is 0 Å². The van der Waals surface area contributed by atoms with Crippen molar-refractivity contribution >= 4 is 16.0 Å². The number of primary sulfonamides is 1. The number of H-pyrrole nitrogens is 1. The zero-order valence-electron chi connectivity index (χ0n) is 9.98. The summed E-state index contributed by atoms with van der Waals surface area (Å²) in [5.41, 5.74) is 0.364. The molecule has 0 saturated carbocycles. The van der Waals surface area contributed by atoms with Crippen molar-refractivity contribution in [3.8, 4) is 5.88 Å². The molecule has 0 fully saturated rings. The molecule has 0 bridgehead atoms. The first kappa shape index (κ1) is 14.0. The Bertz CT molecular complexity index is 722. The number of nitrogens with zero attached hydrogens (tertiary/aromatic N) is 2. The summed E-state index contributed by atoms with van der Waals surface area (Å²) < 4.78 is 27.3. The molecule has 9 nitrogen and oxygen atoms in total. The Morgan fingerprint density at radius 2 is 2.00 bits per heavy atom. The summed E-state index contributed by atoms with van der Waals surface area (Å²) in [4.78, 5) is 10.8. The van der Waals surface area contributed by atoms with Crippen molar-refractivity contribution in [3.63, 3.8) is 0 Å². The average molecular weight is 298 g/mol. The molecule has 106 valence electrons. The normalized spacial score (nSPS) is 11.2. The molecular formula is C10H10N4O5S. The lowest BCUT2D eigenvalue weighted by Crippen LogP contribution is -2.12. The Balaban J connectivity index is 2.08. The molecule has 0 aliphatic heterocycles. The van der Waals surface area contributed by atoms with Gasteiger partial charge in [0.15, 0.2) is 0 Å². The second kappa shape index (κ2) is 5.27. The lowest BCUT2D eigenvalue weighted by molar-refractivity contribution is 0.0685. The number of hydrogen-bond donors (Lipinski definition) is 3. The van der Waals surface area contributed by atoms with Gasteiger partial charge in [-0.15, -0.1) is 0 Å². The van der Waals surface area contributed by atoms with Crippen LogP contribution in [0.15, 0.2) is 29.2 Å². The van der Waals surface area contributed by atoms with E-state index in [4.69, 9.17) is 15.0 Å². The number of sulfonamides is 1. The number of aromatic amines is 1. The van der Waals surface area contributed by atoms with E-state index >= 15 is 0 Å².